The quantitative estimate of drug-likeness (QED) is 0.0300. The molecule has 0 saturated carbocycles. The first kappa shape index (κ1) is 59.6. The van der Waals surface area contributed by atoms with Crippen molar-refractivity contribution in [1.82, 2.24) is 0 Å². The van der Waals surface area contributed by atoms with Crippen LogP contribution in [0.25, 0.3) is 0 Å². The standard InChI is InChI=1S/C56H98O7S/c1-3-5-7-9-11-13-15-17-19-21-23-25-27-29-31-33-35-37-39-41-43-45-50-62-55(57)52-48-47-49-53(64(59,60)61)54(52)56(58)63-51-46-44-42-40-38-36-34-32-30-28-26-24-22-20-18-16-14-12-10-8-6-4-2/h3-4,47-49H,1-2,5-46,50-51H2,(H,59,60,61). The van der Waals surface area contributed by atoms with Gasteiger partial charge in [0.2, 0.25) is 0 Å². The van der Waals surface area contributed by atoms with Gasteiger partial charge in [-0.25, -0.2) is 9.59 Å². The summed E-state index contributed by atoms with van der Waals surface area (Å²) in [6.07, 6.45) is 57.2. The number of ether oxygens (including phenoxy) is 2. The summed E-state index contributed by atoms with van der Waals surface area (Å²) < 4.78 is 45.1. The summed E-state index contributed by atoms with van der Waals surface area (Å²) in [6.45, 7) is 7.88. The molecule has 0 amide bonds. The number of benzene rings is 1. The Kier molecular flexibility index (Phi) is 41.3. The Balaban J connectivity index is 2.09. The van der Waals surface area contributed by atoms with Gasteiger partial charge in [-0.3, -0.25) is 4.55 Å². The Morgan fingerprint density at radius 1 is 0.406 bits per heavy atom. The number of hydrogen-bond donors (Lipinski definition) is 1. The van der Waals surface area contributed by atoms with E-state index in [0.29, 0.717) is 12.8 Å². The molecule has 8 heteroatoms. The van der Waals surface area contributed by atoms with E-state index in [2.05, 4.69) is 13.2 Å². The van der Waals surface area contributed by atoms with Crippen molar-refractivity contribution in [2.75, 3.05) is 13.2 Å². The highest BCUT2D eigenvalue weighted by molar-refractivity contribution is 7.86. The van der Waals surface area contributed by atoms with Gasteiger partial charge in [-0.1, -0.05) is 249 Å². The SMILES string of the molecule is C=CCCCCCCCCCCCCCCCCCCCCCCOC(=O)c1cccc(S(=O)(=O)O)c1C(=O)OCCCCCCCCCCCCCCCCCCCCCCC=C. The lowest BCUT2D eigenvalue weighted by molar-refractivity contribution is 0.0446. The molecule has 0 atom stereocenters. The first-order chi connectivity index (χ1) is 31.3. The van der Waals surface area contributed by atoms with Crippen LogP contribution in [-0.2, 0) is 19.6 Å². The third-order valence-electron chi connectivity index (χ3n) is 12.8. The Labute approximate surface area is 394 Å². The molecule has 0 heterocycles. The Morgan fingerprint density at radius 2 is 0.656 bits per heavy atom. The summed E-state index contributed by atoms with van der Waals surface area (Å²) in [5.74, 6) is -1.73. The highest BCUT2D eigenvalue weighted by atomic mass is 32.2. The highest BCUT2D eigenvalue weighted by Gasteiger charge is 2.28. The van der Waals surface area contributed by atoms with Gasteiger partial charge in [-0.05, 0) is 50.7 Å². The zero-order valence-corrected chi connectivity index (χ0v) is 42.0. The van der Waals surface area contributed by atoms with Crippen LogP contribution in [0.3, 0.4) is 0 Å². The van der Waals surface area contributed by atoms with E-state index < -0.39 is 32.5 Å². The number of carbonyl (C=O) groups is 2. The Morgan fingerprint density at radius 3 is 0.922 bits per heavy atom. The molecule has 370 valence electrons. The van der Waals surface area contributed by atoms with Gasteiger partial charge in [0.15, 0.2) is 0 Å². The van der Waals surface area contributed by atoms with Crippen molar-refractivity contribution in [2.24, 2.45) is 0 Å². The number of rotatable bonds is 49. The molecule has 1 aromatic rings. The summed E-state index contributed by atoms with van der Waals surface area (Å²) >= 11 is 0. The van der Waals surface area contributed by atoms with Gasteiger partial charge in [0.25, 0.3) is 10.1 Å². The van der Waals surface area contributed by atoms with Crippen LogP contribution in [0.1, 0.15) is 290 Å². The molecule has 0 radical (unpaired) electrons. The topological polar surface area (TPSA) is 107 Å². The zero-order chi connectivity index (χ0) is 46.4. The predicted molar refractivity (Wildman–Crippen MR) is 271 cm³/mol. The summed E-state index contributed by atoms with van der Waals surface area (Å²) in [4.78, 5) is 25.5. The van der Waals surface area contributed by atoms with Crippen molar-refractivity contribution in [2.45, 2.75) is 275 Å². The van der Waals surface area contributed by atoms with E-state index >= 15 is 0 Å². The maximum Gasteiger partial charge on any atom is 0.340 e. The van der Waals surface area contributed by atoms with Crippen LogP contribution in [0, 0.1) is 0 Å². The van der Waals surface area contributed by atoms with E-state index in [-0.39, 0.29) is 18.8 Å². The predicted octanol–water partition coefficient (Wildman–Crippen LogP) is 18.0. The lowest BCUT2D eigenvalue weighted by Crippen LogP contribution is -2.19. The van der Waals surface area contributed by atoms with Crippen molar-refractivity contribution in [1.29, 1.82) is 0 Å². The van der Waals surface area contributed by atoms with Crippen LogP contribution in [-0.4, -0.2) is 38.1 Å². The van der Waals surface area contributed by atoms with E-state index in [1.165, 1.54) is 218 Å². The fraction of sp³-hybridized carbons (Fsp3) is 0.786. The van der Waals surface area contributed by atoms with Crippen molar-refractivity contribution >= 4 is 22.1 Å². The Hall–Kier alpha value is -2.45. The maximum absolute atomic E-state index is 13.1. The molecule has 0 spiro atoms. The molecule has 0 aromatic heterocycles. The molecule has 0 fully saturated rings. The summed E-state index contributed by atoms with van der Waals surface area (Å²) in [6, 6.07) is 3.78. The minimum Gasteiger partial charge on any atom is -0.462 e. The number of hydrogen-bond acceptors (Lipinski definition) is 6. The molecular weight excluding hydrogens is 817 g/mol. The molecule has 1 rings (SSSR count). The molecule has 0 unspecified atom stereocenters. The molecule has 1 N–H and O–H groups in total. The first-order valence-corrected chi connectivity index (χ1v) is 28.4. The molecule has 1 aromatic carbocycles. The second-order valence-electron chi connectivity index (χ2n) is 18.7. The van der Waals surface area contributed by atoms with E-state index in [1.807, 2.05) is 12.2 Å². The lowest BCUT2D eigenvalue weighted by atomic mass is 10.0. The van der Waals surface area contributed by atoms with E-state index in [4.69, 9.17) is 9.47 Å². The number of unbranched alkanes of at least 4 members (excludes halogenated alkanes) is 40. The molecule has 0 aliphatic carbocycles. The minimum atomic E-state index is -4.77. The third-order valence-corrected chi connectivity index (χ3v) is 13.7. The van der Waals surface area contributed by atoms with Crippen LogP contribution >= 0.6 is 0 Å². The van der Waals surface area contributed by atoms with Crippen LogP contribution in [0.5, 0.6) is 0 Å². The van der Waals surface area contributed by atoms with Gasteiger partial charge in [0.1, 0.15) is 4.90 Å². The lowest BCUT2D eigenvalue weighted by Gasteiger charge is -2.13. The largest absolute Gasteiger partial charge is 0.462 e. The minimum absolute atomic E-state index is 0.113. The van der Waals surface area contributed by atoms with Gasteiger partial charge in [-0.15, -0.1) is 13.2 Å². The van der Waals surface area contributed by atoms with Gasteiger partial charge >= 0.3 is 11.9 Å². The molecule has 0 bridgehead atoms. The fourth-order valence-electron chi connectivity index (χ4n) is 8.75. The van der Waals surface area contributed by atoms with Crippen LogP contribution in [0.4, 0.5) is 0 Å². The molecular formula is C56H98O7S. The molecule has 7 nitrogen and oxygen atoms in total. The van der Waals surface area contributed by atoms with Crippen LogP contribution in [0.15, 0.2) is 48.4 Å². The second kappa shape index (κ2) is 44.4. The Bertz CT molecular complexity index is 1370. The van der Waals surface area contributed by atoms with Crippen LogP contribution in [0.2, 0.25) is 0 Å². The van der Waals surface area contributed by atoms with Crippen molar-refractivity contribution in [3.8, 4) is 0 Å². The van der Waals surface area contributed by atoms with Gasteiger partial charge in [-0.2, -0.15) is 8.42 Å². The monoisotopic (exact) mass is 915 g/mol. The average Bonchev–Trinajstić information content (AvgIpc) is 3.28. The molecule has 0 saturated heterocycles. The normalized spacial score (nSPS) is 11.5. The average molecular weight is 915 g/mol. The zero-order valence-electron chi connectivity index (χ0n) is 41.2. The van der Waals surface area contributed by atoms with Crippen molar-refractivity contribution in [3.63, 3.8) is 0 Å². The smallest absolute Gasteiger partial charge is 0.340 e. The van der Waals surface area contributed by atoms with Gasteiger partial charge in [0, 0.05) is 0 Å². The molecule has 0 aliphatic rings. The molecule has 64 heavy (non-hydrogen) atoms. The van der Waals surface area contributed by atoms with Gasteiger partial charge < -0.3 is 9.47 Å². The van der Waals surface area contributed by atoms with Crippen LogP contribution < -0.4 is 0 Å². The second-order valence-corrected chi connectivity index (χ2v) is 20.1. The number of allylic oxidation sites excluding steroid dienone is 2. The maximum atomic E-state index is 13.1. The molecule has 0 aliphatic heterocycles. The summed E-state index contributed by atoms with van der Waals surface area (Å²) in [5.41, 5.74) is -0.665. The summed E-state index contributed by atoms with van der Waals surface area (Å²) in [7, 11) is -4.77. The van der Waals surface area contributed by atoms with E-state index in [1.54, 1.807) is 0 Å². The van der Waals surface area contributed by atoms with Crippen molar-refractivity contribution < 1.29 is 32.0 Å². The number of carbonyl (C=O) groups excluding carboxylic acids is 2. The number of esters is 2. The van der Waals surface area contributed by atoms with Crippen molar-refractivity contribution in [3.05, 3.63) is 54.6 Å². The van der Waals surface area contributed by atoms with Gasteiger partial charge in [0.05, 0.1) is 24.3 Å². The fourth-order valence-corrected chi connectivity index (χ4v) is 9.45. The highest BCUT2D eigenvalue weighted by Crippen LogP contribution is 2.23. The third kappa shape index (κ3) is 35.8. The first-order valence-electron chi connectivity index (χ1n) is 27.0. The van der Waals surface area contributed by atoms with E-state index in [9.17, 15) is 22.6 Å². The van der Waals surface area contributed by atoms with E-state index in [0.717, 1.165) is 57.4 Å². The summed E-state index contributed by atoms with van der Waals surface area (Å²) in [5, 5.41) is 0.